The van der Waals surface area contributed by atoms with Crippen molar-refractivity contribution < 1.29 is 14.4 Å². The molecular weight excluding hydrogens is 366 g/mol. The molecule has 0 saturated carbocycles. The number of hydrogen-bond donors (Lipinski definition) is 2. The lowest BCUT2D eigenvalue weighted by Crippen LogP contribution is -2.41. The minimum absolute atomic E-state index is 0.0875. The van der Waals surface area contributed by atoms with Gasteiger partial charge in [0, 0.05) is 35.7 Å². The van der Waals surface area contributed by atoms with Gasteiger partial charge < -0.3 is 15.5 Å². The molecule has 0 aliphatic carbocycles. The summed E-state index contributed by atoms with van der Waals surface area (Å²) in [5.41, 5.74) is 1.49. The van der Waals surface area contributed by atoms with E-state index in [1.807, 2.05) is 24.3 Å². The number of Topliss-reactive ketones (excluding diaryl/α,β-unsaturated/α-hetero) is 1. The number of amides is 2. The molecule has 2 aromatic rings. The third kappa shape index (κ3) is 4.83. The van der Waals surface area contributed by atoms with Crippen LogP contribution in [0.25, 0.3) is 0 Å². The van der Waals surface area contributed by atoms with Gasteiger partial charge in [-0.1, -0.05) is 12.1 Å². The van der Waals surface area contributed by atoms with Gasteiger partial charge in [0.1, 0.15) is 5.41 Å². The highest BCUT2D eigenvalue weighted by Gasteiger charge is 2.36. The Morgan fingerprint density at radius 3 is 2.03 bits per heavy atom. The molecule has 0 aromatic heterocycles. The third-order valence-electron chi connectivity index (χ3n) is 5.26. The lowest BCUT2D eigenvalue weighted by molar-refractivity contribution is -0.135. The van der Waals surface area contributed by atoms with E-state index in [1.54, 1.807) is 38.1 Å². The summed E-state index contributed by atoms with van der Waals surface area (Å²) in [6.07, 6.45) is 2.41. The first kappa shape index (κ1) is 20.6. The fourth-order valence-corrected chi connectivity index (χ4v) is 3.22. The number of rotatable bonds is 6. The van der Waals surface area contributed by atoms with Crippen molar-refractivity contribution in [3.05, 3.63) is 54.1 Å². The Kier molecular flexibility index (Phi) is 6.01. The zero-order valence-corrected chi connectivity index (χ0v) is 17.1. The Labute approximate surface area is 171 Å². The lowest BCUT2D eigenvalue weighted by atomic mass is 9.90. The number of anilines is 3. The van der Waals surface area contributed by atoms with Crippen LogP contribution in [0.1, 0.15) is 44.0 Å². The minimum atomic E-state index is -1.29. The van der Waals surface area contributed by atoms with Crippen LogP contribution in [-0.2, 0) is 9.59 Å². The highest BCUT2D eigenvalue weighted by atomic mass is 16.2. The minimum Gasteiger partial charge on any atom is -0.372 e. The molecule has 1 saturated heterocycles. The average molecular weight is 393 g/mol. The van der Waals surface area contributed by atoms with Crippen molar-refractivity contribution in [2.24, 2.45) is 5.41 Å². The van der Waals surface area contributed by atoms with E-state index in [0.29, 0.717) is 16.9 Å². The molecule has 6 heteroatoms. The molecule has 152 valence electrons. The van der Waals surface area contributed by atoms with Crippen molar-refractivity contribution in [3.63, 3.8) is 0 Å². The smallest absolute Gasteiger partial charge is 0.239 e. The first-order chi connectivity index (χ1) is 13.8. The zero-order valence-electron chi connectivity index (χ0n) is 17.1. The van der Waals surface area contributed by atoms with E-state index in [9.17, 15) is 14.4 Å². The molecule has 0 bridgehead atoms. The highest BCUT2D eigenvalue weighted by molar-refractivity contribution is 6.14. The topological polar surface area (TPSA) is 78.5 Å². The number of hydrogen-bond acceptors (Lipinski definition) is 4. The molecule has 3 rings (SSSR count). The molecule has 0 atom stereocenters. The monoisotopic (exact) mass is 393 g/mol. The molecule has 1 heterocycles. The van der Waals surface area contributed by atoms with Crippen LogP contribution in [-0.4, -0.2) is 30.7 Å². The summed E-state index contributed by atoms with van der Waals surface area (Å²) in [5.74, 6) is -0.925. The van der Waals surface area contributed by atoms with Gasteiger partial charge in [0.2, 0.25) is 11.8 Å². The molecule has 1 aliphatic rings. The standard InChI is InChI=1S/C23H27N3O3/c1-16(27)17-7-6-8-19(15-17)25-22(29)23(2,3)21(28)24-18-9-11-20(12-10-18)26-13-4-5-14-26/h6-12,15H,4-5,13-14H2,1-3H3,(H,24,28)(H,25,29). The van der Waals surface area contributed by atoms with Gasteiger partial charge in [-0.2, -0.15) is 0 Å². The molecular formula is C23H27N3O3. The van der Waals surface area contributed by atoms with Crippen molar-refractivity contribution in [1.29, 1.82) is 0 Å². The molecule has 1 aliphatic heterocycles. The van der Waals surface area contributed by atoms with E-state index >= 15 is 0 Å². The molecule has 1 fully saturated rings. The van der Waals surface area contributed by atoms with Gasteiger partial charge in [0.15, 0.2) is 5.78 Å². The predicted octanol–water partition coefficient (Wildman–Crippen LogP) is 4.09. The second-order valence-electron chi connectivity index (χ2n) is 7.91. The predicted molar refractivity (Wildman–Crippen MR) is 115 cm³/mol. The summed E-state index contributed by atoms with van der Waals surface area (Å²) in [4.78, 5) is 39.3. The van der Waals surface area contributed by atoms with Crippen molar-refractivity contribution in [3.8, 4) is 0 Å². The van der Waals surface area contributed by atoms with Gasteiger partial charge in [-0.05, 0) is 70.0 Å². The van der Waals surface area contributed by atoms with Crippen LogP contribution < -0.4 is 15.5 Å². The van der Waals surface area contributed by atoms with Crippen molar-refractivity contribution >= 4 is 34.7 Å². The Balaban J connectivity index is 1.64. The summed E-state index contributed by atoms with van der Waals surface area (Å²) in [6.45, 7) is 6.73. The van der Waals surface area contributed by atoms with Gasteiger partial charge in [-0.15, -0.1) is 0 Å². The number of nitrogens with zero attached hydrogens (tertiary/aromatic N) is 1. The van der Waals surface area contributed by atoms with Gasteiger partial charge in [-0.25, -0.2) is 0 Å². The quantitative estimate of drug-likeness (QED) is 0.572. The van der Waals surface area contributed by atoms with Gasteiger partial charge >= 0.3 is 0 Å². The second-order valence-corrected chi connectivity index (χ2v) is 7.91. The Bertz CT molecular complexity index is 913. The molecule has 0 spiro atoms. The number of carbonyl (C=O) groups excluding carboxylic acids is 3. The second kappa shape index (κ2) is 8.47. The maximum absolute atomic E-state index is 12.7. The van der Waals surface area contributed by atoms with Crippen LogP contribution in [0.2, 0.25) is 0 Å². The summed E-state index contributed by atoms with van der Waals surface area (Å²) >= 11 is 0. The van der Waals surface area contributed by atoms with Gasteiger partial charge in [0.05, 0.1) is 0 Å². The number of ketones is 1. The Hall–Kier alpha value is -3.15. The fourth-order valence-electron chi connectivity index (χ4n) is 3.22. The number of nitrogens with one attached hydrogen (secondary N) is 2. The van der Waals surface area contributed by atoms with Crippen LogP contribution in [0, 0.1) is 5.41 Å². The summed E-state index contributed by atoms with van der Waals surface area (Å²) in [6, 6.07) is 14.4. The molecule has 2 N–H and O–H groups in total. The lowest BCUT2D eigenvalue weighted by Gasteiger charge is -2.23. The average Bonchev–Trinajstić information content (AvgIpc) is 3.23. The summed E-state index contributed by atoms with van der Waals surface area (Å²) in [5, 5.41) is 5.56. The van der Waals surface area contributed by atoms with Crippen LogP contribution >= 0.6 is 0 Å². The first-order valence-electron chi connectivity index (χ1n) is 9.86. The molecule has 29 heavy (non-hydrogen) atoms. The number of carbonyl (C=O) groups is 3. The SMILES string of the molecule is CC(=O)c1cccc(NC(=O)C(C)(C)C(=O)Nc2ccc(N3CCCC3)cc2)c1. The summed E-state index contributed by atoms with van der Waals surface area (Å²) in [7, 11) is 0. The van der Waals surface area contributed by atoms with E-state index in [4.69, 9.17) is 0 Å². The normalized spacial score (nSPS) is 13.8. The van der Waals surface area contributed by atoms with Crippen molar-refractivity contribution in [1.82, 2.24) is 0 Å². The number of benzene rings is 2. The Morgan fingerprint density at radius 1 is 0.862 bits per heavy atom. The molecule has 2 aromatic carbocycles. The maximum Gasteiger partial charge on any atom is 0.239 e. The molecule has 6 nitrogen and oxygen atoms in total. The van der Waals surface area contributed by atoms with E-state index in [1.165, 1.54) is 19.8 Å². The summed E-state index contributed by atoms with van der Waals surface area (Å²) < 4.78 is 0. The van der Waals surface area contributed by atoms with Crippen LogP contribution in [0.3, 0.4) is 0 Å². The highest BCUT2D eigenvalue weighted by Crippen LogP contribution is 2.25. The van der Waals surface area contributed by atoms with E-state index in [-0.39, 0.29) is 5.78 Å². The maximum atomic E-state index is 12.7. The molecule has 0 unspecified atom stereocenters. The van der Waals surface area contributed by atoms with Gasteiger partial charge in [0.25, 0.3) is 0 Å². The van der Waals surface area contributed by atoms with Crippen LogP contribution in [0.4, 0.5) is 17.1 Å². The van der Waals surface area contributed by atoms with Crippen molar-refractivity contribution in [2.75, 3.05) is 28.6 Å². The zero-order chi connectivity index (χ0) is 21.0. The van der Waals surface area contributed by atoms with Crippen molar-refractivity contribution in [2.45, 2.75) is 33.6 Å². The fraction of sp³-hybridized carbons (Fsp3) is 0.348. The largest absolute Gasteiger partial charge is 0.372 e. The third-order valence-corrected chi connectivity index (χ3v) is 5.26. The van der Waals surface area contributed by atoms with Gasteiger partial charge in [-0.3, -0.25) is 14.4 Å². The first-order valence-corrected chi connectivity index (χ1v) is 9.86. The molecule has 0 radical (unpaired) electrons. The van der Waals surface area contributed by atoms with E-state index < -0.39 is 17.2 Å². The Morgan fingerprint density at radius 2 is 1.45 bits per heavy atom. The van der Waals surface area contributed by atoms with E-state index in [0.717, 1.165) is 18.8 Å². The van der Waals surface area contributed by atoms with Crippen LogP contribution in [0.15, 0.2) is 48.5 Å². The van der Waals surface area contributed by atoms with E-state index in [2.05, 4.69) is 15.5 Å². The van der Waals surface area contributed by atoms with Crippen LogP contribution in [0.5, 0.6) is 0 Å². The molecule has 2 amide bonds.